The highest BCUT2D eigenvalue weighted by Gasteiger charge is 2.32. The lowest BCUT2D eigenvalue weighted by atomic mass is 10.3. The molecule has 0 aliphatic carbocycles. The van der Waals surface area contributed by atoms with Gasteiger partial charge in [-0.25, -0.2) is 9.58 Å². The first kappa shape index (κ1) is 10.7. The van der Waals surface area contributed by atoms with Gasteiger partial charge >= 0.3 is 0 Å². The van der Waals surface area contributed by atoms with Crippen molar-refractivity contribution in [1.29, 1.82) is 0 Å². The van der Waals surface area contributed by atoms with Crippen molar-refractivity contribution in [2.24, 2.45) is 5.84 Å². The fraction of sp³-hybridized carbons (Fsp3) is 0.500. The van der Waals surface area contributed by atoms with E-state index in [0.717, 1.165) is 31.6 Å². The second kappa shape index (κ2) is 3.96. The summed E-state index contributed by atoms with van der Waals surface area (Å²) < 4.78 is 5.58. The number of pyridine rings is 1. The Hall–Kier alpha value is -0.840. The molecule has 2 heterocycles. The van der Waals surface area contributed by atoms with Crippen LogP contribution in [0.4, 0.5) is 5.69 Å². The number of rotatable bonds is 2. The van der Waals surface area contributed by atoms with Gasteiger partial charge in [-0.3, -0.25) is 0 Å². The lowest BCUT2D eigenvalue weighted by Gasteiger charge is -2.26. The monoisotopic (exact) mass is 228 g/mol. The van der Waals surface area contributed by atoms with Gasteiger partial charge in [0, 0.05) is 18.9 Å². The van der Waals surface area contributed by atoms with Gasteiger partial charge in [-0.1, -0.05) is 11.6 Å². The number of methoxy groups -OCH3 is 1. The van der Waals surface area contributed by atoms with Gasteiger partial charge in [0.25, 0.3) is 0 Å². The van der Waals surface area contributed by atoms with Crippen molar-refractivity contribution in [2.45, 2.75) is 12.8 Å². The van der Waals surface area contributed by atoms with Gasteiger partial charge in [-0.2, -0.15) is 5.84 Å². The van der Waals surface area contributed by atoms with Crippen molar-refractivity contribution in [3.05, 3.63) is 17.4 Å². The van der Waals surface area contributed by atoms with Crippen LogP contribution in [-0.4, -0.2) is 25.2 Å². The minimum atomic E-state index is 0.382. The van der Waals surface area contributed by atoms with Crippen LogP contribution >= 0.6 is 11.6 Å². The van der Waals surface area contributed by atoms with Crippen LogP contribution in [0, 0.1) is 0 Å². The molecule has 4 nitrogen and oxygen atoms in total. The van der Waals surface area contributed by atoms with Gasteiger partial charge < -0.3 is 4.74 Å². The van der Waals surface area contributed by atoms with Gasteiger partial charge in [0.15, 0.2) is 16.6 Å². The van der Waals surface area contributed by atoms with Crippen LogP contribution in [-0.2, 0) is 0 Å². The van der Waals surface area contributed by atoms with Gasteiger partial charge in [0.05, 0.1) is 13.3 Å². The van der Waals surface area contributed by atoms with Crippen molar-refractivity contribution in [2.75, 3.05) is 20.2 Å². The molecular formula is C10H15ClN3O+. The molecule has 1 aromatic heterocycles. The summed E-state index contributed by atoms with van der Waals surface area (Å²) in [5.74, 6) is 6.84. The number of quaternary nitrogens is 1. The van der Waals surface area contributed by atoms with E-state index in [1.54, 1.807) is 13.3 Å². The van der Waals surface area contributed by atoms with Crippen LogP contribution in [0.25, 0.3) is 0 Å². The first-order valence-electron chi connectivity index (χ1n) is 5.01. The molecule has 0 atom stereocenters. The molecule has 1 aliphatic rings. The second-order valence-corrected chi connectivity index (χ2v) is 4.23. The highest BCUT2D eigenvalue weighted by molar-refractivity contribution is 6.30. The van der Waals surface area contributed by atoms with Gasteiger partial charge in [0.2, 0.25) is 0 Å². The Kier molecular flexibility index (Phi) is 2.82. The third-order valence-electron chi connectivity index (χ3n) is 2.89. The van der Waals surface area contributed by atoms with Gasteiger partial charge in [0.1, 0.15) is 13.1 Å². The fourth-order valence-corrected chi connectivity index (χ4v) is 2.14. The van der Waals surface area contributed by atoms with E-state index < -0.39 is 0 Å². The normalized spacial score (nSPS) is 19.1. The van der Waals surface area contributed by atoms with E-state index in [9.17, 15) is 0 Å². The molecule has 1 aromatic rings. The maximum atomic E-state index is 6.25. The maximum absolute atomic E-state index is 6.25. The minimum absolute atomic E-state index is 0.382. The number of aromatic nitrogens is 1. The molecule has 5 heteroatoms. The molecule has 1 fully saturated rings. The fourth-order valence-electron chi connectivity index (χ4n) is 1.96. The lowest BCUT2D eigenvalue weighted by molar-refractivity contribution is 0.343. The Balaban J connectivity index is 2.36. The summed E-state index contributed by atoms with van der Waals surface area (Å²) in [5, 5.41) is 0.382. The van der Waals surface area contributed by atoms with Crippen molar-refractivity contribution < 1.29 is 4.74 Å². The second-order valence-electron chi connectivity index (χ2n) is 3.87. The molecule has 1 aliphatic heterocycles. The number of halogens is 1. The van der Waals surface area contributed by atoms with E-state index in [1.807, 2.05) is 6.07 Å². The Morgan fingerprint density at radius 2 is 2.13 bits per heavy atom. The number of nitrogens with two attached hydrogens (primary N) is 1. The highest BCUT2D eigenvalue weighted by atomic mass is 35.5. The van der Waals surface area contributed by atoms with Crippen molar-refractivity contribution in [3.63, 3.8) is 0 Å². The summed E-state index contributed by atoms with van der Waals surface area (Å²) >= 11 is 5.86. The molecule has 2 rings (SSSR count). The van der Waals surface area contributed by atoms with Crippen LogP contribution in [0.15, 0.2) is 12.3 Å². The van der Waals surface area contributed by atoms with E-state index in [-0.39, 0.29) is 0 Å². The van der Waals surface area contributed by atoms with Crippen molar-refractivity contribution >= 4 is 17.3 Å². The Morgan fingerprint density at radius 3 is 2.73 bits per heavy atom. The van der Waals surface area contributed by atoms with Crippen LogP contribution < -0.4 is 15.2 Å². The number of nitrogens with zero attached hydrogens (tertiary/aromatic N) is 2. The molecule has 1 saturated heterocycles. The summed E-state index contributed by atoms with van der Waals surface area (Å²) in [6, 6.07) is 1.88. The van der Waals surface area contributed by atoms with Gasteiger partial charge in [-0.05, 0) is 0 Å². The van der Waals surface area contributed by atoms with Crippen LogP contribution in [0.5, 0.6) is 5.75 Å². The van der Waals surface area contributed by atoms with Gasteiger partial charge in [-0.15, -0.1) is 0 Å². The number of hydrogen-bond donors (Lipinski definition) is 1. The standard InChI is InChI=1S/C10H15ClN3O/c1-15-9-6-8(7-13-10(9)11)14(12)4-2-3-5-14/h6-7H,2-5,12H2,1H3/q+1. The lowest BCUT2D eigenvalue weighted by Crippen LogP contribution is -2.53. The van der Waals surface area contributed by atoms with E-state index in [0.29, 0.717) is 15.5 Å². The Morgan fingerprint density at radius 1 is 1.47 bits per heavy atom. The topological polar surface area (TPSA) is 48.1 Å². The SMILES string of the molecule is COc1cc([N+]2(N)CCCC2)cnc1Cl. The molecule has 2 N–H and O–H groups in total. The van der Waals surface area contributed by atoms with E-state index in [2.05, 4.69) is 4.98 Å². The van der Waals surface area contributed by atoms with E-state index in [1.165, 1.54) is 0 Å². The zero-order valence-electron chi connectivity index (χ0n) is 8.74. The minimum Gasteiger partial charge on any atom is -0.493 e. The zero-order chi connectivity index (χ0) is 10.9. The summed E-state index contributed by atoms with van der Waals surface area (Å²) in [4.78, 5) is 4.08. The smallest absolute Gasteiger partial charge is 0.174 e. The number of hydrogen-bond acceptors (Lipinski definition) is 3. The van der Waals surface area contributed by atoms with E-state index in [4.69, 9.17) is 22.2 Å². The quantitative estimate of drug-likeness (QED) is 0.476. The first-order chi connectivity index (χ1) is 7.15. The number of ether oxygens (including phenoxy) is 1. The summed E-state index contributed by atoms with van der Waals surface area (Å²) in [7, 11) is 1.58. The Labute approximate surface area is 94.2 Å². The molecule has 0 bridgehead atoms. The first-order valence-corrected chi connectivity index (χ1v) is 5.39. The van der Waals surface area contributed by atoms with Crippen molar-refractivity contribution in [3.8, 4) is 5.75 Å². The summed E-state index contributed by atoms with van der Waals surface area (Å²) in [6.45, 7) is 1.90. The van der Waals surface area contributed by atoms with Crippen LogP contribution in [0.3, 0.4) is 0 Å². The Bertz CT molecular complexity index is 364. The third-order valence-corrected chi connectivity index (χ3v) is 3.17. The molecule has 0 spiro atoms. The molecule has 82 valence electrons. The van der Waals surface area contributed by atoms with Crippen molar-refractivity contribution in [1.82, 2.24) is 9.58 Å². The molecule has 15 heavy (non-hydrogen) atoms. The largest absolute Gasteiger partial charge is 0.493 e. The molecule has 0 aromatic carbocycles. The molecular weight excluding hydrogens is 214 g/mol. The van der Waals surface area contributed by atoms with Crippen LogP contribution in [0.2, 0.25) is 5.15 Å². The highest BCUT2D eigenvalue weighted by Crippen LogP contribution is 2.31. The molecule has 0 amide bonds. The maximum Gasteiger partial charge on any atom is 0.174 e. The average molecular weight is 229 g/mol. The summed E-state index contributed by atoms with van der Waals surface area (Å²) in [6.07, 6.45) is 4.04. The third kappa shape index (κ3) is 1.93. The van der Waals surface area contributed by atoms with E-state index >= 15 is 0 Å². The molecule has 0 radical (unpaired) electrons. The molecule has 0 saturated carbocycles. The van der Waals surface area contributed by atoms with Crippen LogP contribution in [0.1, 0.15) is 12.8 Å². The average Bonchev–Trinajstić information content (AvgIpc) is 2.67. The predicted octanol–water partition coefficient (Wildman–Crippen LogP) is 1.72. The predicted molar refractivity (Wildman–Crippen MR) is 60.7 cm³/mol. The zero-order valence-corrected chi connectivity index (χ0v) is 9.50. The summed E-state index contributed by atoms with van der Waals surface area (Å²) in [5.41, 5.74) is 0.966. The molecule has 0 unspecified atom stereocenters.